The highest BCUT2D eigenvalue weighted by Crippen LogP contribution is 2.30. The largest absolute Gasteiger partial charge is 0.337 e. The SMILES string of the molecule is CC(C)c1ccc(C(=O)N2CCC3(CCCCN3)C2)cc1. The van der Waals surface area contributed by atoms with Crippen LogP contribution in [0, 0.1) is 0 Å². The van der Waals surface area contributed by atoms with E-state index in [1.165, 1.54) is 24.8 Å². The molecule has 1 amide bonds. The number of nitrogens with one attached hydrogen (secondary N) is 1. The van der Waals surface area contributed by atoms with Gasteiger partial charge in [0, 0.05) is 24.2 Å². The van der Waals surface area contributed by atoms with Crippen LogP contribution in [0.15, 0.2) is 24.3 Å². The molecule has 2 heterocycles. The Labute approximate surface area is 127 Å². The van der Waals surface area contributed by atoms with E-state index in [1.54, 1.807) is 0 Å². The first-order valence-corrected chi connectivity index (χ1v) is 8.24. The zero-order valence-electron chi connectivity index (χ0n) is 13.2. The third-order valence-corrected chi connectivity index (χ3v) is 5.05. The standard InChI is InChI=1S/C18H26N2O/c1-14(2)15-5-7-16(8-6-15)17(21)20-12-10-18(13-20)9-3-4-11-19-18/h5-8,14,19H,3-4,9-13H2,1-2H3. The maximum Gasteiger partial charge on any atom is 0.253 e. The number of rotatable bonds is 2. The quantitative estimate of drug-likeness (QED) is 0.905. The maximum absolute atomic E-state index is 12.7. The van der Waals surface area contributed by atoms with Crippen molar-refractivity contribution in [3.63, 3.8) is 0 Å². The molecule has 1 spiro atoms. The van der Waals surface area contributed by atoms with E-state index in [0.29, 0.717) is 5.92 Å². The second-order valence-electron chi connectivity index (χ2n) is 6.92. The Morgan fingerprint density at radius 1 is 1.19 bits per heavy atom. The van der Waals surface area contributed by atoms with E-state index < -0.39 is 0 Å². The molecule has 1 aromatic rings. The van der Waals surface area contributed by atoms with Crippen molar-refractivity contribution in [2.45, 2.75) is 51.0 Å². The van der Waals surface area contributed by atoms with Gasteiger partial charge in [0.15, 0.2) is 0 Å². The molecule has 21 heavy (non-hydrogen) atoms. The second kappa shape index (κ2) is 5.80. The van der Waals surface area contributed by atoms with Gasteiger partial charge in [-0.2, -0.15) is 0 Å². The Morgan fingerprint density at radius 3 is 2.57 bits per heavy atom. The van der Waals surface area contributed by atoms with Gasteiger partial charge >= 0.3 is 0 Å². The average molecular weight is 286 g/mol. The van der Waals surface area contributed by atoms with Crippen LogP contribution < -0.4 is 5.32 Å². The van der Waals surface area contributed by atoms with E-state index in [9.17, 15) is 4.79 Å². The summed E-state index contributed by atoms with van der Waals surface area (Å²) in [6.45, 7) is 7.21. The summed E-state index contributed by atoms with van der Waals surface area (Å²) in [4.78, 5) is 14.7. The molecule has 2 saturated heterocycles. The Kier molecular flexibility index (Phi) is 4.03. The van der Waals surface area contributed by atoms with Gasteiger partial charge in [-0.05, 0) is 49.4 Å². The van der Waals surface area contributed by atoms with Crippen LogP contribution in [0.3, 0.4) is 0 Å². The smallest absolute Gasteiger partial charge is 0.253 e. The average Bonchev–Trinajstić information content (AvgIpc) is 2.91. The van der Waals surface area contributed by atoms with Crippen molar-refractivity contribution in [2.75, 3.05) is 19.6 Å². The molecule has 0 aliphatic carbocycles. The van der Waals surface area contributed by atoms with Gasteiger partial charge in [-0.1, -0.05) is 32.4 Å². The number of likely N-dealkylation sites (tertiary alicyclic amines) is 1. The lowest BCUT2D eigenvalue weighted by atomic mass is 9.88. The summed E-state index contributed by atoms with van der Waals surface area (Å²) < 4.78 is 0. The predicted octanol–water partition coefficient (Wildman–Crippen LogP) is 3.17. The normalized spacial score (nSPS) is 25.8. The molecule has 0 bridgehead atoms. The zero-order valence-corrected chi connectivity index (χ0v) is 13.2. The van der Waals surface area contributed by atoms with Crippen LogP contribution in [-0.4, -0.2) is 36.0 Å². The molecule has 0 saturated carbocycles. The Morgan fingerprint density at radius 2 is 1.95 bits per heavy atom. The second-order valence-corrected chi connectivity index (χ2v) is 6.92. The molecule has 1 aromatic carbocycles. The number of carbonyl (C=O) groups excluding carboxylic acids is 1. The minimum absolute atomic E-state index is 0.189. The first kappa shape index (κ1) is 14.6. The van der Waals surface area contributed by atoms with E-state index in [4.69, 9.17) is 0 Å². The monoisotopic (exact) mass is 286 g/mol. The van der Waals surface area contributed by atoms with Crippen molar-refractivity contribution in [2.24, 2.45) is 0 Å². The summed E-state index contributed by atoms with van der Waals surface area (Å²) in [5.74, 6) is 0.699. The van der Waals surface area contributed by atoms with Gasteiger partial charge in [0.1, 0.15) is 0 Å². The minimum Gasteiger partial charge on any atom is -0.337 e. The summed E-state index contributed by atoms with van der Waals surface area (Å²) in [6.07, 6.45) is 4.87. The van der Waals surface area contributed by atoms with Crippen LogP contribution in [0.1, 0.15) is 61.4 Å². The molecule has 1 N–H and O–H groups in total. The lowest BCUT2D eigenvalue weighted by Gasteiger charge is -2.34. The van der Waals surface area contributed by atoms with Gasteiger partial charge in [-0.15, -0.1) is 0 Å². The molecule has 2 fully saturated rings. The minimum atomic E-state index is 0.189. The summed E-state index contributed by atoms with van der Waals surface area (Å²) in [7, 11) is 0. The van der Waals surface area contributed by atoms with Crippen molar-refractivity contribution in [3.05, 3.63) is 35.4 Å². The molecular formula is C18H26N2O. The fraction of sp³-hybridized carbons (Fsp3) is 0.611. The molecule has 0 aromatic heterocycles. The highest BCUT2D eigenvalue weighted by Gasteiger charge is 2.40. The molecule has 1 atom stereocenters. The van der Waals surface area contributed by atoms with Crippen LogP contribution in [0.2, 0.25) is 0 Å². The molecule has 2 aliphatic heterocycles. The van der Waals surface area contributed by atoms with Gasteiger partial charge in [0.2, 0.25) is 0 Å². The Balaban J connectivity index is 1.68. The molecule has 1 unspecified atom stereocenters. The van der Waals surface area contributed by atoms with Crippen LogP contribution >= 0.6 is 0 Å². The number of benzene rings is 1. The summed E-state index contributed by atoms with van der Waals surface area (Å²) in [5, 5.41) is 3.66. The molecular weight excluding hydrogens is 260 g/mol. The number of nitrogens with zero attached hydrogens (tertiary/aromatic N) is 1. The highest BCUT2D eigenvalue weighted by molar-refractivity contribution is 5.94. The number of hydrogen-bond acceptors (Lipinski definition) is 2. The van der Waals surface area contributed by atoms with Crippen LogP contribution in [-0.2, 0) is 0 Å². The highest BCUT2D eigenvalue weighted by atomic mass is 16.2. The van der Waals surface area contributed by atoms with E-state index in [2.05, 4.69) is 31.3 Å². The third kappa shape index (κ3) is 2.98. The van der Waals surface area contributed by atoms with Crippen molar-refractivity contribution in [3.8, 4) is 0 Å². The lowest BCUT2D eigenvalue weighted by molar-refractivity contribution is 0.0775. The molecule has 114 valence electrons. The molecule has 3 rings (SSSR count). The van der Waals surface area contributed by atoms with Crippen molar-refractivity contribution in [1.29, 1.82) is 0 Å². The fourth-order valence-corrected chi connectivity index (χ4v) is 3.62. The summed E-state index contributed by atoms with van der Waals surface area (Å²) in [5.41, 5.74) is 2.32. The van der Waals surface area contributed by atoms with Crippen molar-refractivity contribution in [1.82, 2.24) is 10.2 Å². The Hall–Kier alpha value is -1.35. The summed E-state index contributed by atoms with van der Waals surface area (Å²) in [6, 6.07) is 8.14. The first-order valence-electron chi connectivity index (χ1n) is 8.24. The van der Waals surface area contributed by atoms with Gasteiger partial charge in [0.05, 0.1) is 0 Å². The van der Waals surface area contributed by atoms with E-state index in [1.807, 2.05) is 17.0 Å². The van der Waals surface area contributed by atoms with Gasteiger partial charge in [-0.3, -0.25) is 4.79 Å². The first-order chi connectivity index (χ1) is 10.1. The predicted molar refractivity (Wildman–Crippen MR) is 85.6 cm³/mol. The number of piperidine rings is 1. The Bertz CT molecular complexity index is 500. The fourth-order valence-electron chi connectivity index (χ4n) is 3.62. The van der Waals surface area contributed by atoms with E-state index in [0.717, 1.165) is 31.6 Å². The number of carbonyl (C=O) groups is 1. The van der Waals surface area contributed by atoms with Crippen molar-refractivity contribution < 1.29 is 4.79 Å². The maximum atomic E-state index is 12.7. The third-order valence-electron chi connectivity index (χ3n) is 5.05. The molecule has 3 nitrogen and oxygen atoms in total. The van der Waals surface area contributed by atoms with Gasteiger partial charge in [-0.25, -0.2) is 0 Å². The molecule has 3 heteroatoms. The molecule has 2 aliphatic rings. The number of hydrogen-bond donors (Lipinski definition) is 1. The zero-order chi connectivity index (χ0) is 14.9. The summed E-state index contributed by atoms with van der Waals surface area (Å²) >= 11 is 0. The number of amides is 1. The van der Waals surface area contributed by atoms with Crippen molar-refractivity contribution >= 4 is 5.91 Å². The van der Waals surface area contributed by atoms with Crippen LogP contribution in [0.5, 0.6) is 0 Å². The van der Waals surface area contributed by atoms with E-state index >= 15 is 0 Å². The topological polar surface area (TPSA) is 32.3 Å². The van der Waals surface area contributed by atoms with Gasteiger partial charge in [0.25, 0.3) is 5.91 Å². The van der Waals surface area contributed by atoms with Crippen LogP contribution in [0.25, 0.3) is 0 Å². The lowest BCUT2D eigenvalue weighted by Crippen LogP contribution is -2.50. The molecule has 0 radical (unpaired) electrons. The van der Waals surface area contributed by atoms with E-state index in [-0.39, 0.29) is 11.4 Å². The van der Waals surface area contributed by atoms with Crippen LogP contribution in [0.4, 0.5) is 0 Å². The van der Waals surface area contributed by atoms with Gasteiger partial charge < -0.3 is 10.2 Å².